The first-order chi connectivity index (χ1) is 9.36. The third-order valence-corrected chi connectivity index (χ3v) is 3.94. The lowest BCUT2D eigenvalue weighted by Crippen LogP contribution is -2.43. The van der Waals surface area contributed by atoms with Gasteiger partial charge in [0.1, 0.15) is 11.9 Å². The molecule has 1 aliphatic carbocycles. The minimum atomic E-state index is 0.285. The molecule has 1 aromatic carbocycles. The number of rotatable bonds is 3. The van der Waals surface area contributed by atoms with Crippen molar-refractivity contribution in [2.45, 2.75) is 37.8 Å². The third-order valence-electron chi connectivity index (χ3n) is 3.94. The van der Waals surface area contributed by atoms with Gasteiger partial charge in [-0.15, -0.1) is 0 Å². The molecule has 1 aromatic heterocycles. The number of nitrogens with one attached hydrogen (secondary N) is 1. The first-order valence-corrected chi connectivity index (χ1v) is 7.05. The maximum atomic E-state index is 6.18. The molecule has 3 nitrogen and oxygen atoms in total. The zero-order valence-electron chi connectivity index (χ0n) is 11.3. The molecule has 0 bridgehead atoms. The molecule has 2 aromatic rings. The number of hydrogen-bond donors (Lipinski definition) is 1. The van der Waals surface area contributed by atoms with Crippen LogP contribution in [0.15, 0.2) is 36.5 Å². The summed E-state index contributed by atoms with van der Waals surface area (Å²) < 4.78 is 6.18. The van der Waals surface area contributed by atoms with E-state index >= 15 is 0 Å². The molecule has 0 spiro atoms. The van der Waals surface area contributed by atoms with Crippen LogP contribution in [0, 0.1) is 0 Å². The van der Waals surface area contributed by atoms with Gasteiger partial charge in [0, 0.05) is 17.6 Å². The number of ether oxygens (including phenoxy) is 1. The minimum Gasteiger partial charge on any atom is -0.489 e. The Morgan fingerprint density at radius 1 is 1.21 bits per heavy atom. The summed E-state index contributed by atoms with van der Waals surface area (Å²) >= 11 is 0. The van der Waals surface area contributed by atoms with Crippen LogP contribution >= 0.6 is 0 Å². The Labute approximate surface area is 114 Å². The summed E-state index contributed by atoms with van der Waals surface area (Å²) in [6, 6.07) is 10.6. The average Bonchev–Trinajstić information content (AvgIpc) is 2.48. The molecule has 1 saturated carbocycles. The van der Waals surface area contributed by atoms with Gasteiger partial charge in [0.05, 0.1) is 5.52 Å². The molecule has 3 rings (SSSR count). The monoisotopic (exact) mass is 256 g/mol. The number of benzene rings is 1. The highest BCUT2D eigenvalue weighted by molar-refractivity contribution is 5.79. The Hall–Kier alpha value is -1.61. The lowest BCUT2D eigenvalue weighted by molar-refractivity contribution is 0.118. The summed E-state index contributed by atoms with van der Waals surface area (Å²) in [4.78, 5) is 4.33. The zero-order valence-corrected chi connectivity index (χ0v) is 11.3. The van der Waals surface area contributed by atoms with Crippen LogP contribution in [0.1, 0.15) is 25.7 Å². The van der Waals surface area contributed by atoms with Crippen molar-refractivity contribution in [3.8, 4) is 5.75 Å². The predicted octanol–water partition coefficient (Wildman–Crippen LogP) is 3.14. The van der Waals surface area contributed by atoms with E-state index in [1.807, 2.05) is 31.4 Å². The first kappa shape index (κ1) is 12.4. The number of nitrogens with zero attached hydrogens (tertiary/aromatic N) is 1. The molecule has 0 amide bonds. The Morgan fingerprint density at radius 2 is 2.11 bits per heavy atom. The number of hydrogen-bond acceptors (Lipinski definition) is 3. The molecule has 3 heteroatoms. The topological polar surface area (TPSA) is 34.1 Å². The van der Waals surface area contributed by atoms with Gasteiger partial charge < -0.3 is 10.1 Å². The summed E-state index contributed by atoms with van der Waals surface area (Å²) in [5, 5.41) is 4.51. The Kier molecular flexibility index (Phi) is 3.65. The van der Waals surface area contributed by atoms with E-state index in [0.29, 0.717) is 6.04 Å². The lowest BCUT2D eigenvalue weighted by atomic mass is 9.92. The van der Waals surface area contributed by atoms with Gasteiger partial charge in [0.25, 0.3) is 0 Å². The summed E-state index contributed by atoms with van der Waals surface area (Å²) in [5.41, 5.74) is 1.02. The predicted molar refractivity (Wildman–Crippen MR) is 77.5 cm³/mol. The van der Waals surface area contributed by atoms with Crippen molar-refractivity contribution in [1.29, 1.82) is 0 Å². The van der Waals surface area contributed by atoms with Gasteiger partial charge in [-0.25, -0.2) is 0 Å². The minimum absolute atomic E-state index is 0.285. The fraction of sp³-hybridized carbons (Fsp3) is 0.438. The zero-order chi connectivity index (χ0) is 13.1. The van der Waals surface area contributed by atoms with Crippen molar-refractivity contribution in [3.05, 3.63) is 36.5 Å². The van der Waals surface area contributed by atoms with E-state index in [0.717, 1.165) is 23.1 Å². The fourth-order valence-electron chi connectivity index (χ4n) is 2.87. The van der Waals surface area contributed by atoms with Crippen molar-refractivity contribution in [3.63, 3.8) is 0 Å². The third kappa shape index (κ3) is 2.71. The van der Waals surface area contributed by atoms with Gasteiger partial charge in [-0.3, -0.25) is 4.98 Å². The Morgan fingerprint density at radius 3 is 3.00 bits per heavy atom. The summed E-state index contributed by atoms with van der Waals surface area (Å²) in [6.07, 6.45) is 7.01. The molecule has 1 N–H and O–H groups in total. The van der Waals surface area contributed by atoms with Gasteiger partial charge >= 0.3 is 0 Å². The quantitative estimate of drug-likeness (QED) is 0.916. The SMILES string of the molecule is CNC1CCCCC1Oc1ccc2ncccc2c1. The summed E-state index contributed by atoms with van der Waals surface area (Å²) in [5.74, 6) is 0.952. The molecule has 1 aliphatic rings. The molecule has 2 unspecified atom stereocenters. The maximum absolute atomic E-state index is 6.18. The van der Waals surface area contributed by atoms with E-state index in [2.05, 4.69) is 22.4 Å². The van der Waals surface area contributed by atoms with Gasteiger partial charge in [0.15, 0.2) is 0 Å². The standard InChI is InChI=1S/C16H20N2O/c1-17-15-6-2-3-7-16(15)19-13-8-9-14-12(11-13)5-4-10-18-14/h4-5,8-11,15-17H,2-3,6-7H2,1H3. The lowest BCUT2D eigenvalue weighted by Gasteiger charge is -2.31. The van der Waals surface area contributed by atoms with Crippen LogP contribution in [-0.2, 0) is 0 Å². The van der Waals surface area contributed by atoms with Crippen LogP contribution in [0.2, 0.25) is 0 Å². The molecular weight excluding hydrogens is 236 g/mol. The van der Waals surface area contributed by atoms with Crippen molar-refractivity contribution < 1.29 is 4.74 Å². The van der Waals surface area contributed by atoms with Crippen molar-refractivity contribution in [2.75, 3.05) is 7.05 Å². The second kappa shape index (κ2) is 5.57. The van der Waals surface area contributed by atoms with Crippen LogP contribution in [0.3, 0.4) is 0 Å². The second-order valence-corrected chi connectivity index (χ2v) is 5.19. The highest BCUT2D eigenvalue weighted by atomic mass is 16.5. The number of aromatic nitrogens is 1. The van der Waals surface area contributed by atoms with Crippen LogP contribution in [0.25, 0.3) is 10.9 Å². The smallest absolute Gasteiger partial charge is 0.120 e. The molecule has 2 atom stereocenters. The number of likely N-dealkylation sites (N-methyl/N-ethyl adjacent to an activating group) is 1. The molecule has 0 saturated heterocycles. The van der Waals surface area contributed by atoms with Gasteiger partial charge in [-0.1, -0.05) is 12.5 Å². The summed E-state index contributed by atoms with van der Waals surface area (Å²) in [6.45, 7) is 0. The highest BCUT2D eigenvalue weighted by Gasteiger charge is 2.25. The molecule has 0 aliphatic heterocycles. The van der Waals surface area contributed by atoms with E-state index in [-0.39, 0.29) is 6.10 Å². The Bertz CT molecular complexity index is 555. The van der Waals surface area contributed by atoms with Crippen LogP contribution in [0.5, 0.6) is 5.75 Å². The average molecular weight is 256 g/mol. The van der Waals surface area contributed by atoms with Crippen molar-refractivity contribution >= 4 is 10.9 Å². The van der Waals surface area contributed by atoms with Crippen LogP contribution < -0.4 is 10.1 Å². The van der Waals surface area contributed by atoms with Crippen molar-refractivity contribution in [2.24, 2.45) is 0 Å². The fourth-order valence-corrected chi connectivity index (χ4v) is 2.87. The maximum Gasteiger partial charge on any atom is 0.120 e. The molecular formula is C16H20N2O. The Balaban J connectivity index is 1.80. The molecule has 0 radical (unpaired) electrons. The molecule has 1 heterocycles. The highest BCUT2D eigenvalue weighted by Crippen LogP contribution is 2.25. The van der Waals surface area contributed by atoms with E-state index in [1.165, 1.54) is 19.3 Å². The first-order valence-electron chi connectivity index (χ1n) is 7.05. The van der Waals surface area contributed by atoms with Crippen LogP contribution in [-0.4, -0.2) is 24.2 Å². The van der Waals surface area contributed by atoms with Gasteiger partial charge in [0.2, 0.25) is 0 Å². The van der Waals surface area contributed by atoms with E-state index < -0.39 is 0 Å². The summed E-state index contributed by atoms with van der Waals surface area (Å²) in [7, 11) is 2.02. The van der Waals surface area contributed by atoms with E-state index in [1.54, 1.807) is 0 Å². The van der Waals surface area contributed by atoms with Crippen molar-refractivity contribution in [1.82, 2.24) is 10.3 Å². The normalized spacial score (nSPS) is 23.4. The van der Waals surface area contributed by atoms with Crippen LogP contribution in [0.4, 0.5) is 0 Å². The molecule has 19 heavy (non-hydrogen) atoms. The molecule has 1 fully saturated rings. The number of pyridine rings is 1. The number of fused-ring (bicyclic) bond motifs is 1. The van der Waals surface area contributed by atoms with E-state index in [4.69, 9.17) is 4.74 Å². The van der Waals surface area contributed by atoms with Gasteiger partial charge in [-0.05, 0) is 50.6 Å². The largest absolute Gasteiger partial charge is 0.489 e. The van der Waals surface area contributed by atoms with E-state index in [9.17, 15) is 0 Å². The second-order valence-electron chi connectivity index (χ2n) is 5.19. The molecule has 100 valence electrons. The van der Waals surface area contributed by atoms with Gasteiger partial charge in [-0.2, -0.15) is 0 Å².